The standard InChI is InChI=1S/C47H62N4/c1-33(2)44-30-42-26-23-41(22-21-39-17-15-14-16-18-39)29-45(42)51(44)35(5)19-20-40-24-27-43(28-25-40)49(12)37(7)32-48-38(8)46(34(3)4)50(13)36(6)31-47(9,10)11/h14-18,23-30,34,46,48H,1,5-8,19-22,31-32H2,2-4,9-13H3. The summed E-state index contributed by atoms with van der Waals surface area (Å²) >= 11 is 0. The number of hydrogen-bond donors (Lipinski definition) is 1. The molecule has 1 N–H and O–H groups in total. The van der Waals surface area contributed by atoms with Crippen LogP contribution < -0.4 is 10.2 Å². The second kappa shape index (κ2) is 17.0. The monoisotopic (exact) mass is 682 g/mol. The third-order valence-corrected chi connectivity index (χ3v) is 9.83. The van der Waals surface area contributed by atoms with Crippen LogP contribution in [-0.2, 0) is 19.3 Å². The van der Waals surface area contributed by atoms with Gasteiger partial charge in [-0.15, -0.1) is 0 Å². The summed E-state index contributed by atoms with van der Waals surface area (Å²) < 4.78 is 2.32. The predicted molar refractivity (Wildman–Crippen MR) is 225 cm³/mol. The Balaban J connectivity index is 1.37. The molecular formula is C47H62N4. The maximum atomic E-state index is 4.57. The van der Waals surface area contributed by atoms with E-state index in [1.165, 1.54) is 27.6 Å². The van der Waals surface area contributed by atoms with E-state index in [0.717, 1.165) is 71.8 Å². The van der Waals surface area contributed by atoms with Crippen LogP contribution in [0.15, 0.2) is 129 Å². The van der Waals surface area contributed by atoms with Crippen LogP contribution in [0.2, 0.25) is 0 Å². The van der Waals surface area contributed by atoms with Gasteiger partial charge in [-0.25, -0.2) is 0 Å². The molecule has 0 amide bonds. The largest absolute Gasteiger partial charge is 0.382 e. The van der Waals surface area contributed by atoms with Gasteiger partial charge in [-0.1, -0.05) is 122 Å². The molecule has 0 saturated heterocycles. The first-order chi connectivity index (χ1) is 24.1. The van der Waals surface area contributed by atoms with Crippen LogP contribution >= 0.6 is 0 Å². The van der Waals surface area contributed by atoms with Crippen LogP contribution in [0.25, 0.3) is 22.2 Å². The maximum absolute atomic E-state index is 4.57. The van der Waals surface area contributed by atoms with E-state index in [2.05, 4.69) is 187 Å². The van der Waals surface area contributed by atoms with Gasteiger partial charge >= 0.3 is 0 Å². The summed E-state index contributed by atoms with van der Waals surface area (Å²) in [7, 11) is 4.21. The number of hydrogen-bond acceptors (Lipinski definition) is 3. The fraction of sp³-hybridized carbons (Fsp3) is 0.362. The van der Waals surface area contributed by atoms with Gasteiger partial charge in [-0.2, -0.15) is 0 Å². The van der Waals surface area contributed by atoms with Crippen molar-refractivity contribution >= 4 is 27.9 Å². The molecule has 51 heavy (non-hydrogen) atoms. The van der Waals surface area contributed by atoms with Gasteiger partial charge in [-0.3, -0.25) is 0 Å². The molecule has 1 aromatic heterocycles. The Bertz CT molecular complexity index is 1850. The molecule has 4 heteroatoms. The zero-order valence-electron chi connectivity index (χ0n) is 32.8. The van der Waals surface area contributed by atoms with E-state index in [0.29, 0.717) is 12.5 Å². The molecule has 0 saturated carbocycles. The number of benzene rings is 3. The molecule has 0 aliphatic heterocycles. The number of anilines is 1. The van der Waals surface area contributed by atoms with Crippen LogP contribution in [0, 0.1) is 11.3 Å². The minimum absolute atomic E-state index is 0.143. The quantitative estimate of drug-likeness (QED) is 0.113. The lowest BCUT2D eigenvalue weighted by atomic mass is 9.89. The van der Waals surface area contributed by atoms with Crippen molar-refractivity contribution in [1.29, 1.82) is 0 Å². The number of rotatable bonds is 18. The summed E-state index contributed by atoms with van der Waals surface area (Å²) in [6.45, 7) is 36.0. The van der Waals surface area contributed by atoms with Crippen LogP contribution in [-0.4, -0.2) is 36.1 Å². The second-order valence-corrected chi connectivity index (χ2v) is 15.9. The molecule has 1 atom stereocenters. The Morgan fingerprint density at radius 2 is 1.37 bits per heavy atom. The molecule has 0 aliphatic carbocycles. The highest BCUT2D eigenvalue weighted by Crippen LogP contribution is 2.31. The van der Waals surface area contributed by atoms with Gasteiger partial charge < -0.3 is 19.7 Å². The molecule has 0 bridgehead atoms. The minimum Gasteiger partial charge on any atom is -0.382 e. The molecule has 0 aliphatic rings. The molecule has 4 nitrogen and oxygen atoms in total. The fourth-order valence-corrected chi connectivity index (χ4v) is 6.92. The van der Waals surface area contributed by atoms with Crippen molar-refractivity contribution < 1.29 is 0 Å². The number of nitrogens with one attached hydrogen (secondary N) is 1. The Kier molecular flexibility index (Phi) is 13.0. The van der Waals surface area contributed by atoms with Gasteiger partial charge in [-0.05, 0) is 96.9 Å². The predicted octanol–water partition coefficient (Wildman–Crippen LogP) is 11.5. The highest BCUT2D eigenvalue weighted by Gasteiger charge is 2.25. The van der Waals surface area contributed by atoms with E-state index in [1.807, 2.05) is 0 Å². The van der Waals surface area contributed by atoms with Gasteiger partial charge in [0.25, 0.3) is 0 Å². The van der Waals surface area contributed by atoms with Crippen molar-refractivity contribution in [3.63, 3.8) is 0 Å². The summed E-state index contributed by atoms with van der Waals surface area (Å²) in [5.74, 6) is 0.382. The first kappa shape index (κ1) is 39.1. The van der Waals surface area contributed by atoms with Gasteiger partial charge in [0.2, 0.25) is 0 Å². The summed E-state index contributed by atoms with van der Waals surface area (Å²) in [5, 5.41) is 4.80. The fourth-order valence-electron chi connectivity index (χ4n) is 6.92. The molecule has 270 valence electrons. The smallest absolute Gasteiger partial charge is 0.0698 e. The summed E-state index contributed by atoms with van der Waals surface area (Å²) in [6.07, 6.45) is 4.71. The topological polar surface area (TPSA) is 23.4 Å². The van der Waals surface area contributed by atoms with Crippen LogP contribution in [0.5, 0.6) is 0 Å². The zero-order valence-corrected chi connectivity index (χ0v) is 32.8. The molecule has 0 fully saturated rings. The van der Waals surface area contributed by atoms with Crippen LogP contribution in [0.1, 0.15) is 76.8 Å². The molecule has 4 rings (SSSR count). The second-order valence-electron chi connectivity index (χ2n) is 15.9. The minimum atomic E-state index is 0.143. The van der Waals surface area contributed by atoms with E-state index in [1.54, 1.807) is 0 Å². The highest BCUT2D eigenvalue weighted by atomic mass is 15.2. The third kappa shape index (κ3) is 10.4. The van der Waals surface area contributed by atoms with Crippen molar-refractivity contribution in [2.45, 2.75) is 79.7 Å². The molecule has 0 spiro atoms. The molecular weight excluding hydrogens is 621 g/mol. The molecule has 3 aromatic carbocycles. The number of fused-ring (bicyclic) bond motifs is 1. The number of likely N-dealkylation sites (N-methyl/N-ethyl adjacent to an activating group) is 2. The Morgan fingerprint density at radius 3 is 1.98 bits per heavy atom. The number of aromatic nitrogens is 1. The molecule has 1 unspecified atom stereocenters. The van der Waals surface area contributed by atoms with Crippen molar-refractivity contribution in [3.05, 3.63) is 151 Å². The Labute approximate surface area is 309 Å². The molecule has 0 radical (unpaired) electrons. The van der Waals surface area contributed by atoms with Gasteiger partial charge in [0.05, 0.1) is 18.1 Å². The van der Waals surface area contributed by atoms with Gasteiger partial charge in [0.15, 0.2) is 0 Å². The average molecular weight is 683 g/mol. The number of allylic oxidation sites excluding steroid dienone is 3. The van der Waals surface area contributed by atoms with Crippen LogP contribution in [0.3, 0.4) is 0 Å². The lowest BCUT2D eigenvalue weighted by Crippen LogP contribution is -2.42. The highest BCUT2D eigenvalue weighted by molar-refractivity contribution is 5.89. The lowest BCUT2D eigenvalue weighted by Gasteiger charge is -2.38. The average Bonchev–Trinajstić information content (AvgIpc) is 3.47. The van der Waals surface area contributed by atoms with E-state index in [9.17, 15) is 0 Å². The summed E-state index contributed by atoms with van der Waals surface area (Å²) in [4.78, 5) is 4.43. The third-order valence-electron chi connectivity index (χ3n) is 9.83. The van der Waals surface area contributed by atoms with Crippen molar-refractivity contribution in [2.24, 2.45) is 11.3 Å². The van der Waals surface area contributed by atoms with Crippen molar-refractivity contribution in [2.75, 3.05) is 25.5 Å². The van der Waals surface area contributed by atoms with Crippen LogP contribution in [0.4, 0.5) is 5.69 Å². The van der Waals surface area contributed by atoms with Crippen molar-refractivity contribution in [1.82, 2.24) is 14.8 Å². The Morgan fingerprint density at radius 1 is 0.765 bits per heavy atom. The molecule has 1 heterocycles. The lowest BCUT2D eigenvalue weighted by molar-refractivity contribution is 0.238. The van der Waals surface area contributed by atoms with E-state index >= 15 is 0 Å². The first-order valence-corrected chi connectivity index (χ1v) is 18.4. The normalized spacial score (nSPS) is 12.1. The number of aryl methyl sites for hydroxylation is 3. The van der Waals surface area contributed by atoms with E-state index < -0.39 is 0 Å². The van der Waals surface area contributed by atoms with E-state index in [-0.39, 0.29) is 11.5 Å². The first-order valence-electron chi connectivity index (χ1n) is 18.4. The van der Waals surface area contributed by atoms with Gasteiger partial charge in [0.1, 0.15) is 0 Å². The molecule has 4 aromatic rings. The number of nitrogens with zero attached hydrogens (tertiary/aromatic N) is 3. The van der Waals surface area contributed by atoms with E-state index in [4.69, 9.17) is 0 Å². The summed E-state index contributed by atoms with van der Waals surface area (Å²) in [5.41, 5.74) is 12.8. The van der Waals surface area contributed by atoms with Crippen molar-refractivity contribution in [3.8, 4) is 0 Å². The Hall–Kier alpha value is -4.70. The van der Waals surface area contributed by atoms with Gasteiger partial charge in [0, 0.05) is 53.7 Å². The zero-order chi connectivity index (χ0) is 37.5. The summed E-state index contributed by atoms with van der Waals surface area (Å²) in [6, 6.07) is 28.7. The SMILES string of the molecule is C=C(C)c1cc2ccc(CCc3ccccc3)cc2n1C(=C)CCc1ccc(N(C)C(=C)CNC(=C)C(C(C)C)N(C)C(=C)CC(C)(C)C)cc1. The maximum Gasteiger partial charge on any atom is 0.0698 e.